The number of carbonyl (C=O) groups excluding carboxylic acids is 1. The number of carbonyl (C=O) groups is 1. The molecule has 2 saturated heterocycles. The van der Waals surface area contributed by atoms with Crippen LogP contribution in [0.25, 0.3) is 0 Å². The van der Waals surface area contributed by atoms with Gasteiger partial charge in [0, 0.05) is 13.1 Å². The Morgan fingerprint density at radius 1 is 1.25 bits per heavy atom. The Morgan fingerprint density at radius 2 is 1.96 bits per heavy atom. The molecular formula is C17H24FN3O3. The number of cyclic esters (lactones) is 1. The maximum atomic E-state index is 14.5. The van der Waals surface area contributed by atoms with Crippen LogP contribution >= 0.6 is 0 Å². The van der Waals surface area contributed by atoms with Crippen molar-refractivity contribution >= 4 is 17.5 Å². The van der Waals surface area contributed by atoms with Gasteiger partial charge >= 0.3 is 6.09 Å². The topological polar surface area (TPSA) is 45.2 Å². The van der Waals surface area contributed by atoms with Crippen LogP contribution in [0.3, 0.4) is 0 Å². The molecule has 24 heavy (non-hydrogen) atoms. The van der Waals surface area contributed by atoms with E-state index in [1.54, 1.807) is 12.1 Å². The van der Waals surface area contributed by atoms with E-state index in [0.717, 1.165) is 13.1 Å². The number of benzene rings is 1. The van der Waals surface area contributed by atoms with Crippen molar-refractivity contribution in [2.75, 3.05) is 55.7 Å². The average molecular weight is 337 g/mol. The van der Waals surface area contributed by atoms with E-state index in [0.29, 0.717) is 44.2 Å². The maximum Gasteiger partial charge on any atom is 0.416 e. The number of hydrogen-bond donors (Lipinski definition) is 0. The van der Waals surface area contributed by atoms with Crippen molar-refractivity contribution in [1.29, 1.82) is 0 Å². The molecule has 3 rings (SSSR count). The van der Waals surface area contributed by atoms with Gasteiger partial charge in [0.1, 0.15) is 5.82 Å². The highest BCUT2D eigenvalue weighted by Gasteiger charge is 2.37. The second-order valence-electron chi connectivity index (χ2n) is 5.88. The maximum absolute atomic E-state index is 14.5. The molecule has 0 bridgehead atoms. The average Bonchev–Trinajstić information content (AvgIpc) is 2.98. The van der Waals surface area contributed by atoms with Gasteiger partial charge in [-0.15, -0.1) is 0 Å². The number of amides is 1. The Bertz CT molecular complexity index is 588. The van der Waals surface area contributed by atoms with Gasteiger partial charge in [0.15, 0.2) is 6.23 Å². The molecule has 2 aliphatic rings. The van der Waals surface area contributed by atoms with Crippen molar-refractivity contribution < 1.29 is 18.7 Å². The SMILES string of the molecule is CCN(CC)[C@@H]1CN(c2cccc(F)c2N2CCOCC2)C(=O)O1. The monoisotopic (exact) mass is 337 g/mol. The summed E-state index contributed by atoms with van der Waals surface area (Å²) in [5, 5.41) is 0. The minimum Gasteiger partial charge on any atom is -0.428 e. The molecule has 1 aromatic carbocycles. The van der Waals surface area contributed by atoms with Gasteiger partial charge in [0.05, 0.1) is 31.1 Å². The van der Waals surface area contributed by atoms with E-state index < -0.39 is 6.09 Å². The van der Waals surface area contributed by atoms with Crippen LogP contribution in [0.15, 0.2) is 18.2 Å². The minimum atomic E-state index is -0.424. The molecule has 2 fully saturated rings. The van der Waals surface area contributed by atoms with Gasteiger partial charge in [-0.05, 0) is 25.2 Å². The molecule has 1 amide bonds. The van der Waals surface area contributed by atoms with E-state index in [-0.39, 0.29) is 12.0 Å². The fourth-order valence-corrected chi connectivity index (χ4v) is 3.29. The molecule has 0 saturated carbocycles. The van der Waals surface area contributed by atoms with Gasteiger partial charge in [0.2, 0.25) is 0 Å². The first-order chi connectivity index (χ1) is 11.7. The lowest BCUT2D eigenvalue weighted by Crippen LogP contribution is -2.39. The van der Waals surface area contributed by atoms with Crippen molar-refractivity contribution in [2.24, 2.45) is 0 Å². The zero-order valence-electron chi connectivity index (χ0n) is 14.2. The predicted octanol–water partition coefficient (Wildman–Crippen LogP) is 2.29. The predicted molar refractivity (Wildman–Crippen MR) is 90.0 cm³/mol. The molecule has 0 radical (unpaired) electrons. The highest BCUT2D eigenvalue weighted by atomic mass is 19.1. The Labute approximate surface area is 141 Å². The van der Waals surface area contributed by atoms with Gasteiger partial charge in [0.25, 0.3) is 0 Å². The summed E-state index contributed by atoms with van der Waals surface area (Å²) in [5.41, 5.74) is 1.02. The zero-order valence-corrected chi connectivity index (χ0v) is 14.2. The van der Waals surface area contributed by atoms with Crippen molar-refractivity contribution in [3.8, 4) is 0 Å². The fraction of sp³-hybridized carbons (Fsp3) is 0.588. The zero-order chi connectivity index (χ0) is 17.1. The number of nitrogens with zero attached hydrogens (tertiary/aromatic N) is 3. The number of morpholine rings is 1. The summed E-state index contributed by atoms with van der Waals surface area (Å²) >= 11 is 0. The summed E-state index contributed by atoms with van der Waals surface area (Å²) in [6.07, 6.45) is -0.722. The van der Waals surface area contributed by atoms with Crippen molar-refractivity contribution in [3.05, 3.63) is 24.0 Å². The third-order valence-corrected chi connectivity index (χ3v) is 4.60. The van der Waals surface area contributed by atoms with Crippen LogP contribution in [0.4, 0.5) is 20.6 Å². The molecule has 0 N–H and O–H groups in total. The van der Waals surface area contributed by atoms with E-state index in [4.69, 9.17) is 9.47 Å². The normalized spacial score (nSPS) is 21.5. The molecule has 1 atom stereocenters. The van der Waals surface area contributed by atoms with Gasteiger partial charge < -0.3 is 14.4 Å². The Balaban J connectivity index is 1.89. The molecule has 0 spiro atoms. The van der Waals surface area contributed by atoms with Gasteiger partial charge in [-0.1, -0.05) is 19.9 Å². The second kappa shape index (κ2) is 7.36. The first kappa shape index (κ1) is 17.0. The second-order valence-corrected chi connectivity index (χ2v) is 5.88. The number of para-hydroxylation sites is 1. The molecule has 0 aliphatic carbocycles. The van der Waals surface area contributed by atoms with Crippen LogP contribution in [0.1, 0.15) is 13.8 Å². The smallest absolute Gasteiger partial charge is 0.416 e. The molecule has 6 nitrogen and oxygen atoms in total. The van der Waals surface area contributed by atoms with Crippen LogP contribution < -0.4 is 9.80 Å². The number of halogens is 1. The first-order valence-electron chi connectivity index (χ1n) is 8.49. The molecule has 0 aromatic heterocycles. The minimum absolute atomic E-state index is 0.298. The summed E-state index contributed by atoms with van der Waals surface area (Å²) in [6.45, 7) is 8.38. The van der Waals surface area contributed by atoms with E-state index in [2.05, 4.69) is 4.90 Å². The largest absolute Gasteiger partial charge is 0.428 e. The lowest BCUT2D eigenvalue weighted by molar-refractivity contribution is 0.0290. The van der Waals surface area contributed by atoms with Crippen LogP contribution in [-0.4, -0.2) is 63.2 Å². The van der Waals surface area contributed by atoms with E-state index >= 15 is 0 Å². The van der Waals surface area contributed by atoms with Crippen molar-refractivity contribution in [3.63, 3.8) is 0 Å². The highest BCUT2D eigenvalue weighted by molar-refractivity contribution is 5.94. The number of anilines is 2. The summed E-state index contributed by atoms with van der Waals surface area (Å²) in [4.78, 5) is 17.9. The Hall–Kier alpha value is -1.86. The molecule has 132 valence electrons. The number of likely N-dealkylation sites (N-methyl/N-ethyl adjacent to an activating group) is 1. The summed E-state index contributed by atoms with van der Waals surface area (Å²) < 4.78 is 25.4. The van der Waals surface area contributed by atoms with Crippen LogP contribution in [-0.2, 0) is 9.47 Å². The van der Waals surface area contributed by atoms with Gasteiger partial charge in [-0.3, -0.25) is 9.80 Å². The quantitative estimate of drug-likeness (QED) is 0.825. The number of rotatable bonds is 5. The van der Waals surface area contributed by atoms with Gasteiger partial charge in [-0.2, -0.15) is 0 Å². The number of hydrogen-bond acceptors (Lipinski definition) is 5. The van der Waals surface area contributed by atoms with Crippen LogP contribution in [0.5, 0.6) is 0 Å². The molecular weight excluding hydrogens is 313 g/mol. The van der Waals surface area contributed by atoms with Crippen LogP contribution in [0.2, 0.25) is 0 Å². The standard InChI is InChI=1S/C17H24FN3O3/c1-3-19(4-2)15-12-21(17(22)24-15)14-7-5-6-13(18)16(14)20-8-10-23-11-9-20/h5-7,15H,3-4,8-12H2,1-2H3/t15-/m0/s1. The first-order valence-corrected chi connectivity index (χ1v) is 8.49. The molecule has 7 heteroatoms. The molecule has 2 heterocycles. The van der Waals surface area contributed by atoms with Crippen LogP contribution in [0, 0.1) is 5.82 Å². The van der Waals surface area contributed by atoms with E-state index in [9.17, 15) is 9.18 Å². The summed E-state index contributed by atoms with van der Waals surface area (Å²) in [5.74, 6) is -0.325. The summed E-state index contributed by atoms with van der Waals surface area (Å²) in [7, 11) is 0. The lowest BCUT2D eigenvalue weighted by atomic mass is 10.2. The van der Waals surface area contributed by atoms with Crippen molar-refractivity contribution in [2.45, 2.75) is 20.1 Å². The Morgan fingerprint density at radius 3 is 2.62 bits per heavy atom. The van der Waals surface area contributed by atoms with E-state index in [1.807, 2.05) is 18.7 Å². The Kier molecular flexibility index (Phi) is 5.20. The third kappa shape index (κ3) is 3.18. The molecule has 2 aliphatic heterocycles. The third-order valence-electron chi connectivity index (χ3n) is 4.60. The number of ether oxygens (including phenoxy) is 2. The highest BCUT2D eigenvalue weighted by Crippen LogP contribution is 2.35. The summed E-state index contributed by atoms with van der Waals surface area (Å²) in [6, 6.07) is 4.84. The lowest BCUT2D eigenvalue weighted by Gasteiger charge is -2.32. The fourth-order valence-electron chi connectivity index (χ4n) is 3.29. The van der Waals surface area contributed by atoms with E-state index in [1.165, 1.54) is 11.0 Å². The molecule has 1 aromatic rings. The van der Waals surface area contributed by atoms with Crippen molar-refractivity contribution in [1.82, 2.24) is 4.90 Å². The van der Waals surface area contributed by atoms with Gasteiger partial charge in [-0.25, -0.2) is 9.18 Å². The molecule has 0 unspecified atom stereocenters.